The third kappa shape index (κ3) is 3.95. The molecular weight excluding hydrogens is 344 g/mol. The summed E-state index contributed by atoms with van der Waals surface area (Å²) in [5.74, 6) is 0.993. The molecule has 1 amide bonds. The number of hydrogen-bond acceptors (Lipinski definition) is 3. The minimum absolute atomic E-state index is 0.0717. The summed E-state index contributed by atoms with van der Waals surface area (Å²) >= 11 is -0.187. The molecule has 0 bridgehead atoms. The fourth-order valence-corrected chi connectivity index (χ4v) is 5.91. The van der Waals surface area contributed by atoms with E-state index in [0.717, 1.165) is 50.6 Å². The van der Waals surface area contributed by atoms with Crippen LogP contribution >= 0.6 is 0 Å². The summed E-state index contributed by atoms with van der Waals surface area (Å²) in [6.07, 6.45) is 1.05. The molecule has 136 valence electrons. The van der Waals surface area contributed by atoms with Gasteiger partial charge < -0.3 is 4.74 Å². The minimum atomic E-state index is -0.187. The van der Waals surface area contributed by atoms with Crippen LogP contribution in [0.3, 0.4) is 0 Å². The van der Waals surface area contributed by atoms with Gasteiger partial charge in [-0.05, 0) is 6.07 Å². The van der Waals surface area contributed by atoms with Crippen molar-refractivity contribution in [3.8, 4) is 0 Å². The molecule has 1 fully saturated rings. The number of morpholine rings is 1. The molecule has 2 aromatic rings. The lowest BCUT2D eigenvalue weighted by molar-refractivity contribution is 0.0373. The molecule has 0 radical (unpaired) electrons. The van der Waals surface area contributed by atoms with Gasteiger partial charge in [0.15, 0.2) is 11.0 Å². The molecule has 0 saturated carbocycles. The molecule has 2 unspecified atom stereocenters. The fraction of sp³-hybridized carbons (Fsp3) is 0.381. The van der Waals surface area contributed by atoms with E-state index < -0.39 is 0 Å². The summed E-state index contributed by atoms with van der Waals surface area (Å²) in [5, 5.41) is 0.344. The normalized spacial score (nSPS) is 21.7. The minimum Gasteiger partial charge on any atom is -0.379 e. The van der Waals surface area contributed by atoms with E-state index in [2.05, 4.69) is 46.0 Å². The smallest absolute Gasteiger partial charge is 0.292 e. The lowest BCUT2D eigenvalue weighted by Gasteiger charge is -2.29. The number of benzene rings is 2. The topological polar surface area (TPSA) is 41.6 Å². The van der Waals surface area contributed by atoms with E-state index in [4.69, 9.17) is 4.74 Å². The second-order valence-corrected chi connectivity index (χ2v) is 8.72. The highest BCUT2D eigenvalue weighted by Gasteiger charge is 2.39. The molecule has 0 aliphatic carbocycles. The number of fused-ring (bicyclic) bond motifs is 1. The van der Waals surface area contributed by atoms with Gasteiger partial charge in [-0.25, -0.2) is 0 Å². The second kappa shape index (κ2) is 8.25. The average Bonchev–Trinajstić information content (AvgIpc) is 2.70. The molecule has 2 aromatic carbocycles. The van der Waals surface area contributed by atoms with Crippen molar-refractivity contribution >= 4 is 17.0 Å². The van der Waals surface area contributed by atoms with E-state index >= 15 is 0 Å². The molecule has 0 spiro atoms. The quantitative estimate of drug-likeness (QED) is 0.824. The molecular formula is C21H25N2O2S+. The van der Waals surface area contributed by atoms with E-state index in [-0.39, 0.29) is 17.0 Å². The Kier molecular flexibility index (Phi) is 5.58. The van der Waals surface area contributed by atoms with Crippen LogP contribution in [-0.2, 0) is 21.6 Å². The van der Waals surface area contributed by atoms with Crippen LogP contribution in [0.4, 0.5) is 0 Å². The van der Waals surface area contributed by atoms with Crippen LogP contribution in [0.25, 0.3) is 0 Å². The molecule has 5 heteroatoms. The number of nitrogens with zero attached hydrogens (tertiary/aromatic N) is 1. The number of ether oxygens (including phenoxy) is 1. The summed E-state index contributed by atoms with van der Waals surface area (Å²) < 4.78 is 8.77. The molecule has 26 heavy (non-hydrogen) atoms. The summed E-state index contributed by atoms with van der Waals surface area (Å²) in [6.45, 7) is 4.70. The Bertz CT molecular complexity index is 747. The summed E-state index contributed by atoms with van der Waals surface area (Å²) in [7, 11) is 0. The number of amides is 1. The fourth-order valence-electron chi connectivity index (χ4n) is 3.68. The van der Waals surface area contributed by atoms with Gasteiger partial charge in [0, 0.05) is 37.2 Å². The van der Waals surface area contributed by atoms with Crippen molar-refractivity contribution in [2.45, 2.75) is 17.4 Å². The Balaban J connectivity index is 1.54. The Labute approximate surface area is 158 Å². The zero-order valence-electron chi connectivity index (χ0n) is 14.9. The van der Waals surface area contributed by atoms with Gasteiger partial charge in [-0.2, -0.15) is 4.72 Å². The van der Waals surface area contributed by atoms with Crippen molar-refractivity contribution in [2.24, 2.45) is 0 Å². The maximum Gasteiger partial charge on any atom is 0.292 e. The predicted octanol–water partition coefficient (Wildman–Crippen LogP) is 2.93. The Morgan fingerprint density at radius 1 is 1.04 bits per heavy atom. The van der Waals surface area contributed by atoms with Crippen molar-refractivity contribution < 1.29 is 9.53 Å². The molecule has 0 aromatic heterocycles. The molecule has 2 heterocycles. The van der Waals surface area contributed by atoms with Crippen LogP contribution in [0, 0.1) is 0 Å². The van der Waals surface area contributed by atoms with Crippen LogP contribution in [0.5, 0.6) is 0 Å². The van der Waals surface area contributed by atoms with Crippen molar-refractivity contribution in [2.75, 3.05) is 32.8 Å². The maximum atomic E-state index is 12.6. The van der Waals surface area contributed by atoms with E-state index in [0.29, 0.717) is 5.25 Å². The summed E-state index contributed by atoms with van der Waals surface area (Å²) in [4.78, 5) is 15.1. The van der Waals surface area contributed by atoms with E-state index in [1.54, 1.807) is 0 Å². The lowest BCUT2D eigenvalue weighted by Crippen LogP contribution is -2.42. The largest absolute Gasteiger partial charge is 0.379 e. The highest BCUT2D eigenvalue weighted by Crippen LogP contribution is 2.33. The standard InChI is InChI=1S/C21H24N2O2S/c24-21-19-9-5-4-8-18(19)16-26(22-21)20(17-6-2-1-3-7-17)10-11-23-12-14-25-15-13-23/h1-9,20H,10-16H2/p+1. The van der Waals surface area contributed by atoms with Crippen molar-refractivity contribution in [3.63, 3.8) is 0 Å². The number of carbonyl (C=O) groups excluding carboxylic acids is 1. The third-order valence-corrected chi connectivity index (χ3v) is 7.39. The van der Waals surface area contributed by atoms with Crippen LogP contribution in [0.1, 0.15) is 33.2 Å². The van der Waals surface area contributed by atoms with Gasteiger partial charge in [0.05, 0.1) is 18.8 Å². The number of rotatable bonds is 5. The monoisotopic (exact) mass is 369 g/mol. The summed E-state index contributed by atoms with van der Waals surface area (Å²) in [5.41, 5.74) is 3.33. The van der Waals surface area contributed by atoms with Gasteiger partial charge in [0.25, 0.3) is 5.91 Å². The number of hydrogen-bond donors (Lipinski definition) is 1. The molecule has 4 nitrogen and oxygen atoms in total. The van der Waals surface area contributed by atoms with Gasteiger partial charge >= 0.3 is 0 Å². The molecule has 2 aliphatic rings. The van der Waals surface area contributed by atoms with Crippen molar-refractivity contribution in [1.82, 2.24) is 9.62 Å². The highest BCUT2D eigenvalue weighted by molar-refractivity contribution is 7.95. The SMILES string of the molecule is O=C1N[S+](C(CCN2CCOCC2)c2ccccc2)Cc2ccccc21. The van der Waals surface area contributed by atoms with Gasteiger partial charge in [-0.15, -0.1) is 0 Å². The lowest BCUT2D eigenvalue weighted by atomic mass is 10.1. The first-order valence-corrected chi connectivity index (χ1v) is 10.7. The maximum absolute atomic E-state index is 12.6. The Morgan fingerprint density at radius 3 is 2.58 bits per heavy atom. The van der Waals surface area contributed by atoms with Crippen LogP contribution in [0.2, 0.25) is 0 Å². The number of carbonyl (C=O) groups is 1. The molecule has 4 rings (SSSR count). The first kappa shape index (κ1) is 17.6. The van der Waals surface area contributed by atoms with Gasteiger partial charge in [0.2, 0.25) is 0 Å². The molecule has 1 saturated heterocycles. The summed E-state index contributed by atoms with van der Waals surface area (Å²) in [6, 6.07) is 18.6. The van der Waals surface area contributed by atoms with Crippen molar-refractivity contribution in [1.29, 1.82) is 0 Å². The van der Waals surface area contributed by atoms with Gasteiger partial charge in [0.1, 0.15) is 11.1 Å². The average molecular weight is 370 g/mol. The van der Waals surface area contributed by atoms with Crippen molar-refractivity contribution in [3.05, 3.63) is 71.3 Å². The van der Waals surface area contributed by atoms with Gasteiger partial charge in [-0.3, -0.25) is 9.69 Å². The van der Waals surface area contributed by atoms with Crippen LogP contribution in [-0.4, -0.2) is 43.7 Å². The number of nitrogens with one attached hydrogen (secondary N) is 1. The molecule has 2 atom stereocenters. The zero-order valence-corrected chi connectivity index (χ0v) is 15.7. The Hall–Kier alpha value is -1.82. The predicted molar refractivity (Wildman–Crippen MR) is 106 cm³/mol. The van der Waals surface area contributed by atoms with E-state index in [9.17, 15) is 4.79 Å². The van der Waals surface area contributed by atoms with Gasteiger partial charge in [-0.1, -0.05) is 48.5 Å². The van der Waals surface area contributed by atoms with Crippen LogP contribution in [0.15, 0.2) is 54.6 Å². The first-order valence-electron chi connectivity index (χ1n) is 9.25. The van der Waals surface area contributed by atoms with Crippen LogP contribution < -0.4 is 4.72 Å². The van der Waals surface area contributed by atoms with E-state index in [1.807, 2.05) is 18.2 Å². The second-order valence-electron chi connectivity index (χ2n) is 6.80. The molecule has 1 N–H and O–H groups in total. The Morgan fingerprint density at radius 2 is 1.77 bits per heavy atom. The first-order chi connectivity index (χ1) is 12.8. The van der Waals surface area contributed by atoms with E-state index in [1.165, 1.54) is 11.1 Å². The molecule has 2 aliphatic heterocycles. The third-order valence-electron chi connectivity index (χ3n) is 5.12. The zero-order chi connectivity index (χ0) is 17.8. The highest BCUT2D eigenvalue weighted by atomic mass is 32.2.